The number of hydrogen-bond donors (Lipinski definition) is 0. The Labute approximate surface area is 131 Å². The van der Waals surface area contributed by atoms with Crippen molar-refractivity contribution in [1.29, 1.82) is 0 Å². The monoisotopic (exact) mass is 382 g/mol. The van der Waals surface area contributed by atoms with Crippen LogP contribution < -0.4 is 4.74 Å². The summed E-state index contributed by atoms with van der Waals surface area (Å²) in [5.41, 5.74) is 5.01. The van der Waals surface area contributed by atoms with E-state index in [-0.39, 0.29) is 0 Å². The largest absolute Gasteiger partial charge is 0.489 e. The van der Waals surface area contributed by atoms with Gasteiger partial charge in [-0.15, -0.1) is 0 Å². The molecule has 0 fully saturated rings. The summed E-state index contributed by atoms with van der Waals surface area (Å²) >= 11 is 7.00. The first-order valence-corrected chi connectivity index (χ1v) is 8.05. The highest BCUT2D eigenvalue weighted by Gasteiger charge is 2.05. The maximum absolute atomic E-state index is 5.91. The quantitative estimate of drug-likeness (QED) is 0.629. The Morgan fingerprint density at radius 1 is 1.05 bits per heavy atom. The van der Waals surface area contributed by atoms with E-state index in [0.717, 1.165) is 15.6 Å². The summed E-state index contributed by atoms with van der Waals surface area (Å²) in [5, 5.41) is 0.814. The van der Waals surface area contributed by atoms with Crippen molar-refractivity contribution in [3.8, 4) is 5.75 Å². The molecule has 0 spiro atoms. The van der Waals surface area contributed by atoms with Crippen LogP contribution in [0.2, 0.25) is 0 Å². The standard InChI is InChI=1S/C16H16Br2O/c1-11-4-3-5-12(2)15(11)10-19-14-6-7-16(18)13(8-14)9-17/h3-8H,9-10H2,1-2H3. The summed E-state index contributed by atoms with van der Waals surface area (Å²) < 4.78 is 7.01. The molecule has 0 bridgehead atoms. The van der Waals surface area contributed by atoms with E-state index in [1.807, 2.05) is 12.1 Å². The van der Waals surface area contributed by atoms with Crippen molar-refractivity contribution < 1.29 is 4.74 Å². The number of rotatable bonds is 4. The maximum Gasteiger partial charge on any atom is 0.120 e. The molecule has 0 aliphatic rings. The minimum atomic E-state index is 0.613. The van der Waals surface area contributed by atoms with Gasteiger partial charge in [0.15, 0.2) is 0 Å². The topological polar surface area (TPSA) is 9.23 Å². The first kappa shape index (κ1) is 14.6. The van der Waals surface area contributed by atoms with Crippen molar-refractivity contribution in [2.75, 3.05) is 0 Å². The Bertz CT molecular complexity index is 559. The van der Waals surface area contributed by atoms with Crippen molar-refractivity contribution in [3.05, 3.63) is 63.1 Å². The van der Waals surface area contributed by atoms with Crippen LogP contribution in [-0.4, -0.2) is 0 Å². The van der Waals surface area contributed by atoms with Gasteiger partial charge in [0.1, 0.15) is 12.4 Å². The van der Waals surface area contributed by atoms with Gasteiger partial charge in [-0.05, 0) is 54.3 Å². The highest BCUT2D eigenvalue weighted by atomic mass is 79.9. The lowest BCUT2D eigenvalue weighted by molar-refractivity contribution is 0.304. The van der Waals surface area contributed by atoms with E-state index in [4.69, 9.17) is 4.74 Å². The third kappa shape index (κ3) is 3.61. The zero-order valence-corrected chi connectivity index (χ0v) is 14.2. The number of alkyl halides is 1. The summed E-state index contributed by atoms with van der Waals surface area (Å²) in [6, 6.07) is 12.4. The molecule has 1 nitrogen and oxygen atoms in total. The molecule has 0 amide bonds. The third-order valence-corrected chi connectivity index (χ3v) is 4.57. The fourth-order valence-corrected chi connectivity index (χ4v) is 3.20. The predicted molar refractivity (Wildman–Crippen MR) is 87.0 cm³/mol. The predicted octanol–water partition coefficient (Wildman–Crippen LogP) is 5.54. The summed E-state index contributed by atoms with van der Waals surface area (Å²) in [4.78, 5) is 0. The van der Waals surface area contributed by atoms with Crippen LogP contribution in [0, 0.1) is 13.8 Å². The minimum absolute atomic E-state index is 0.613. The smallest absolute Gasteiger partial charge is 0.120 e. The molecule has 0 saturated carbocycles. The lowest BCUT2D eigenvalue weighted by Crippen LogP contribution is -2.00. The van der Waals surface area contributed by atoms with Crippen LogP contribution in [0.15, 0.2) is 40.9 Å². The fraction of sp³-hybridized carbons (Fsp3) is 0.250. The van der Waals surface area contributed by atoms with Crippen LogP contribution in [0.4, 0.5) is 0 Å². The molecule has 0 aliphatic heterocycles. The fourth-order valence-electron chi connectivity index (χ4n) is 1.98. The zero-order valence-electron chi connectivity index (χ0n) is 11.0. The van der Waals surface area contributed by atoms with Crippen LogP contribution in [0.25, 0.3) is 0 Å². The SMILES string of the molecule is Cc1cccc(C)c1COc1ccc(Br)c(CBr)c1. The lowest BCUT2D eigenvalue weighted by atomic mass is 10.0. The molecule has 100 valence electrons. The average Bonchev–Trinajstić information content (AvgIpc) is 2.40. The van der Waals surface area contributed by atoms with Crippen LogP contribution in [0.1, 0.15) is 22.3 Å². The first-order chi connectivity index (χ1) is 9.11. The molecule has 0 unspecified atom stereocenters. The van der Waals surface area contributed by atoms with E-state index in [2.05, 4.69) is 70.0 Å². The van der Waals surface area contributed by atoms with Crippen molar-refractivity contribution >= 4 is 31.9 Å². The van der Waals surface area contributed by atoms with E-state index in [0.29, 0.717) is 6.61 Å². The maximum atomic E-state index is 5.91. The number of benzene rings is 2. The van der Waals surface area contributed by atoms with Crippen LogP contribution in [-0.2, 0) is 11.9 Å². The van der Waals surface area contributed by atoms with Crippen LogP contribution >= 0.6 is 31.9 Å². The molecular weight excluding hydrogens is 368 g/mol. The lowest BCUT2D eigenvalue weighted by Gasteiger charge is -2.12. The minimum Gasteiger partial charge on any atom is -0.489 e. The second-order valence-electron chi connectivity index (χ2n) is 4.55. The third-order valence-electron chi connectivity index (χ3n) is 3.19. The normalized spacial score (nSPS) is 10.5. The van der Waals surface area contributed by atoms with Gasteiger partial charge in [-0.3, -0.25) is 0 Å². The molecule has 19 heavy (non-hydrogen) atoms. The second-order valence-corrected chi connectivity index (χ2v) is 5.96. The Morgan fingerprint density at radius 3 is 2.37 bits per heavy atom. The van der Waals surface area contributed by atoms with Gasteiger partial charge in [0, 0.05) is 9.80 Å². The van der Waals surface area contributed by atoms with Gasteiger partial charge in [-0.25, -0.2) is 0 Å². The molecule has 0 aromatic heterocycles. The van der Waals surface area contributed by atoms with Gasteiger partial charge in [0.05, 0.1) is 0 Å². The first-order valence-electron chi connectivity index (χ1n) is 6.14. The van der Waals surface area contributed by atoms with Crippen molar-refractivity contribution in [2.45, 2.75) is 25.8 Å². The molecule has 0 heterocycles. The van der Waals surface area contributed by atoms with Gasteiger partial charge in [0.2, 0.25) is 0 Å². The number of ether oxygens (including phenoxy) is 1. The van der Waals surface area contributed by atoms with E-state index in [1.165, 1.54) is 22.3 Å². The summed E-state index contributed by atoms with van der Waals surface area (Å²) in [7, 11) is 0. The van der Waals surface area contributed by atoms with Gasteiger partial charge in [0.25, 0.3) is 0 Å². The van der Waals surface area contributed by atoms with Crippen molar-refractivity contribution in [2.24, 2.45) is 0 Å². The summed E-state index contributed by atoms with van der Waals surface area (Å²) in [5.74, 6) is 0.903. The molecule has 0 atom stereocenters. The van der Waals surface area contributed by atoms with E-state index < -0.39 is 0 Å². The molecule has 2 aromatic carbocycles. The Hall–Kier alpha value is -0.800. The van der Waals surface area contributed by atoms with Gasteiger partial charge >= 0.3 is 0 Å². The molecule has 2 rings (SSSR count). The zero-order chi connectivity index (χ0) is 13.8. The highest BCUT2D eigenvalue weighted by Crippen LogP contribution is 2.25. The van der Waals surface area contributed by atoms with Gasteiger partial charge in [-0.2, -0.15) is 0 Å². The van der Waals surface area contributed by atoms with Gasteiger partial charge in [-0.1, -0.05) is 50.1 Å². The molecule has 0 saturated heterocycles. The number of aryl methyl sites for hydroxylation is 2. The highest BCUT2D eigenvalue weighted by molar-refractivity contribution is 9.10. The van der Waals surface area contributed by atoms with E-state index in [9.17, 15) is 0 Å². The molecular formula is C16H16Br2O. The molecule has 3 heteroatoms. The Kier molecular flexibility index (Phi) is 5.06. The summed E-state index contributed by atoms with van der Waals surface area (Å²) in [6.07, 6.45) is 0. The average molecular weight is 384 g/mol. The van der Waals surface area contributed by atoms with Crippen molar-refractivity contribution in [1.82, 2.24) is 0 Å². The molecule has 0 N–H and O–H groups in total. The van der Waals surface area contributed by atoms with E-state index >= 15 is 0 Å². The van der Waals surface area contributed by atoms with Crippen molar-refractivity contribution in [3.63, 3.8) is 0 Å². The van der Waals surface area contributed by atoms with E-state index in [1.54, 1.807) is 0 Å². The van der Waals surface area contributed by atoms with Crippen LogP contribution in [0.5, 0.6) is 5.75 Å². The molecule has 2 aromatic rings. The molecule has 0 aliphatic carbocycles. The van der Waals surface area contributed by atoms with Crippen LogP contribution in [0.3, 0.4) is 0 Å². The van der Waals surface area contributed by atoms with Gasteiger partial charge < -0.3 is 4.74 Å². The number of halogens is 2. The Balaban J connectivity index is 2.15. The second kappa shape index (κ2) is 6.58. The number of hydrogen-bond acceptors (Lipinski definition) is 1. The molecule has 0 radical (unpaired) electrons. The summed E-state index contributed by atoms with van der Waals surface area (Å²) in [6.45, 7) is 4.86. The Morgan fingerprint density at radius 2 is 1.74 bits per heavy atom.